The van der Waals surface area contributed by atoms with Gasteiger partial charge in [0.1, 0.15) is 29.6 Å². The summed E-state index contributed by atoms with van der Waals surface area (Å²) in [7, 11) is 6.23. The Bertz CT molecular complexity index is 1360. The molecule has 2 aromatic rings. The summed E-state index contributed by atoms with van der Waals surface area (Å²) in [6.07, 6.45) is 2.77. The van der Waals surface area contributed by atoms with Crippen molar-refractivity contribution >= 4 is 40.7 Å². The minimum Gasteiger partial charge on any atom is -0.393 e. The fourth-order valence-corrected chi connectivity index (χ4v) is 7.00. The van der Waals surface area contributed by atoms with E-state index < -0.39 is 23.2 Å². The van der Waals surface area contributed by atoms with Crippen LogP contribution in [0.5, 0.6) is 0 Å². The monoisotopic (exact) mass is 529 g/mol. The van der Waals surface area contributed by atoms with Gasteiger partial charge in [-0.1, -0.05) is 24.5 Å². The molecule has 9 nitrogen and oxygen atoms in total. The number of rotatable bonds is 5. The molecule has 2 aromatic heterocycles. The summed E-state index contributed by atoms with van der Waals surface area (Å²) in [5.41, 5.74) is 2.34. The van der Waals surface area contributed by atoms with Crippen LogP contribution < -0.4 is 5.32 Å². The molecule has 1 aliphatic heterocycles. The Morgan fingerprint density at radius 1 is 1.23 bits per heavy atom. The molecular formula is C27H38B3N5O4. The molecule has 204 valence electrons. The number of pyridine rings is 1. The van der Waals surface area contributed by atoms with Crippen LogP contribution >= 0.6 is 0 Å². The number of nitriles is 1. The third-order valence-corrected chi connectivity index (χ3v) is 8.12. The first-order valence-corrected chi connectivity index (χ1v) is 13.5. The summed E-state index contributed by atoms with van der Waals surface area (Å²) in [4.78, 5) is 25.1. The van der Waals surface area contributed by atoms with E-state index in [1.54, 1.807) is 0 Å². The maximum Gasteiger partial charge on any atom is 0.291 e. The Morgan fingerprint density at radius 3 is 2.54 bits per heavy atom. The van der Waals surface area contributed by atoms with E-state index in [-0.39, 0.29) is 34.7 Å². The van der Waals surface area contributed by atoms with E-state index in [2.05, 4.69) is 44.8 Å². The van der Waals surface area contributed by atoms with Gasteiger partial charge in [-0.2, -0.15) is 5.26 Å². The van der Waals surface area contributed by atoms with E-state index in [0.29, 0.717) is 17.8 Å². The highest BCUT2D eigenvalue weighted by Crippen LogP contribution is 2.54. The number of ether oxygens (including phenoxy) is 1. The second-order valence-electron chi connectivity index (χ2n) is 13.4. The average Bonchev–Trinajstić information content (AvgIpc) is 3.31. The molecule has 1 saturated heterocycles. The number of hydrogen-bond donors (Lipinski definition) is 4. The molecule has 0 radical (unpaired) electrons. The van der Waals surface area contributed by atoms with E-state index >= 15 is 0 Å². The molecule has 0 bridgehead atoms. The number of H-pyrrole nitrogens is 1. The molecule has 3 heterocycles. The second-order valence-corrected chi connectivity index (χ2v) is 13.4. The standard InChI is InChI=1S/C27H38B3N5O4/c1-24(2)12-27(29,30)18(19(28)21(24)37)20-17(35-23(38)22-32-11-15(10-31)33-22)7-6-16(34-20)14-8-25(3,4)39-26(5,9-14)13-36/h6-7,11,14,21,36-37H,8-9,12-13,28-30H2,1-5H3,(H,32,33)(H,35,38). The molecule has 4 rings (SSSR count). The summed E-state index contributed by atoms with van der Waals surface area (Å²) >= 11 is 0. The quantitative estimate of drug-likeness (QED) is 0.421. The van der Waals surface area contributed by atoms with E-state index in [1.165, 1.54) is 6.20 Å². The van der Waals surface area contributed by atoms with E-state index in [0.717, 1.165) is 29.6 Å². The fraction of sp³-hybridized carbons (Fsp3) is 0.556. The maximum absolute atomic E-state index is 13.1. The second kappa shape index (κ2) is 9.95. The highest BCUT2D eigenvalue weighted by Gasteiger charge is 2.46. The zero-order valence-corrected chi connectivity index (χ0v) is 24.3. The molecular weight excluding hydrogens is 491 g/mol. The highest BCUT2D eigenvalue weighted by molar-refractivity contribution is 6.48. The Morgan fingerprint density at radius 2 is 1.92 bits per heavy atom. The van der Waals surface area contributed by atoms with Crippen molar-refractivity contribution in [2.75, 3.05) is 11.9 Å². The molecule has 0 spiro atoms. The van der Waals surface area contributed by atoms with Crippen molar-refractivity contribution in [1.82, 2.24) is 15.0 Å². The van der Waals surface area contributed by atoms with Crippen LogP contribution in [0.1, 0.15) is 87.5 Å². The zero-order valence-electron chi connectivity index (χ0n) is 24.3. The van der Waals surface area contributed by atoms with Crippen molar-refractivity contribution in [2.24, 2.45) is 5.41 Å². The first-order valence-electron chi connectivity index (χ1n) is 13.5. The summed E-state index contributed by atoms with van der Waals surface area (Å²) in [5.74, 6) is -0.437. The number of hydrogen-bond acceptors (Lipinski definition) is 7. The number of carbonyl (C=O) groups is 1. The topological polar surface area (TPSA) is 144 Å². The van der Waals surface area contributed by atoms with Gasteiger partial charge in [-0.3, -0.25) is 9.78 Å². The van der Waals surface area contributed by atoms with Gasteiger partial charge in [0.25, 0.3) is 5.91 Å². The molecule has 2 aliphatic rings. The first kappa shape index (κ1) is 29.1. The van der Waals surface area contributed by atoms with Crippen LogP contribution in [0.25, 0.3) is 5.57 Å². The van der Waals surface area contributed by atoms with Gasteiger partial charge in [-0.25, -0.2) is 4.98 Å². The molecule has 3 unspecified atom stereocenters. The lowest BCUT2D eigenvalue weighted by molar-refractivity contribution is -0.187. The Labute approximate surface area is 233 Å². The smallest absolute Gasteiger partial charge is 0.291 e. The summed E-state index contributed by atoms with van der Waals surface area (Å²) in [5, 5.41) is 33.1. The van der Waals surface area contributed by atoms with Crippen molar-refractivity contribution < 1.29 is 19.7 Å². The Kier molecular flexibility index (Phi) is 7.43. The summed E-state index contributed by atoms with van der Waals surface area (Å²) < 4.78 is 6.22. The lowest BCUT2D eigenvalue weighted by Crippen LogP contribution is -2.48. The molecule has 12 heteroatoms. The SMILES string of the molecule is BC1=C(c2nc(C3CC(C)(C)OC(C)(CO)C3)ccc2NC(=O)c2nc(C#N)c[nH]2)C(B)(B)CC(C)(C)C1O. The lowest BCUT2D eigenvalue weighted by atomic mass is 9.40. The van der Waals surface area contributed by atoms with Crippen LogP contribution in [0.15, 0.2) is 23.8 Å². The van der Waals surface area contributed by atoms with Gasteiger partial charge in [-0.15, -0.1) is 0 Å². The lowest BCUT2D eigenvalue weighted by Gasteiger charge is -2.48. The summed E-state index contributed by atoms with van der Waals surface area (Å²) in [6.45, 7) is 10.0. The van der Waals surface area contributed by atoms with Gasteiger partial charge >= 0.3 is 0 Å². The van der Waals surface area contributed by atoms with Crippen molar-refractivity contribution in [2.45, 2.75) is 82.3 Å². The molecule has 1 fully saturated rings. The van der Waals surface area contributed by atoms with E-state index in [4.69, 9.17) is 15.0 Å². The average molecular weight is 529 g/mol. The number of aromatic nitrogens is 3. The fourth-order valence-electron chi connectivity index (χ4n) is 7.00. The first-order chi connectivity index (χ1) is 18.0. The van der Waals surface area contributed by atoms with Crippen molar-refractivity contribution in [3.63, 3.8) is 0 Å². The molecule has 39 heavy (non-hydrogen) atoms. The number of aliphatic hydroxyl groups is 2. The van der Waals surface area contributed by atoms with Gasteiger partial charge in [-0.05, 0) is 63.2 Å². The number of imidazole rings is 1. The van der Waals surface area contributed by atoms with Crippen molar-refractivity contribution in [3.8, 4) is 6.07 Å². The maximum atomic E-state index is 13.1. The predicted molar refractivity (Wildman–Crippen MR) is 158 cm³/mol. The van der Waals surface area contributed by atoms with E-state index in [1.807, 2.05) is 46.8 Å². The van der Waals surface area contributed by atoms with Gasteiger partial charge in [0.05, 0.1) is 35.3 Å². The number of aromatic amines is 1. The minimum absolute atomic E-state index is 0.0200. The molecule has 1 amide bonds. The third-order valence-electron chi connectivity index (χ3n) is 8.12. The van der Waals surface area contributed by atoms with Crippen LogP contribution in [0, 0.1) is 16.7 Å². The zero-order chi connectivity index (χ0) is 29.0. The van der Waals surface area contributed by atoms with E-state index in [9.17, 15) is 15.0 Å². The number of carbonyl (C=O) groups excluding carboxylic acids is 1. The van der Waals surface area contributed by atoms with Crippen LogP contribution in [-0.4, -0.2) is 78.5 Å². The van der Waals surface area contributed by atoms with Gasteiger partial charge in [0.2, 0.25) is 0 Å². The van der Waals surface area contributed by atoms with Crippen molar-refractivity contribution in [3.05, 3.63) is 46.7 Å². The van der Waals surface area contributed by atoms with Crippen LogP contribution in [0.3, 0.4) is 0 Å². The largest absolute Gasteiger partial charge is 0.393 e. The molecule has 0 saturated carbocycles. The third kappa shape index (κ3) is 5.72. The normalized spacial score (nSPS) is 27.5. The van der Waals surface area contributed by atoms with Gasteiger partial charge < -0.3 is 25.3 Å². The number of amides is 1. The van der Waals surface area contributed by atoms with Gasteiger partial charge in [0.15, 0.2) is 11.5 Å². The number of aliphatic hydroxyl groups excluding tert-OH is 2. The number of allylic oxidation sites excluding steroid dienone is 1. The minimum atomic E-state index is -0.696. The van der Waals surface area contributed by atoms with Gasteiger partial charge in [0, 0.05) is 17.8 Å². The van der Waals surface area contributed by atoms with Crippen LogP contribution in [0.2, 0.25) is 5.21 Å². The molecule has 3 atom stereocenters. The van der Waals surface area contributed by atoms with Crippen LogP contribution in [-0.2, 0) is 4.74 Å². The van der Waals surface area contributed by atoms with Crippen LogP contribution in [0.4, 0.5) is 5.69 Å². The number of nitrogens with one attached hydrogen (secondary N) is 2. The highest BCUT2D eigenvalue weighted by atomic mass is 16.5. The number of nitrogens with zero attached hydrogens (tertiary/aromatic N) is 3. The molecule has 1 aliphatic carbocycles. The Balaban J connectivity index is 1.85. The van der Waals surface area contributed by atoms with Crippen molar-refractivity contribution in [1.29, 1.82) is 5.26 Å². The predicted octanol–water partition coefficient (Wildman–Crippen LogP) is 0.870. The number of anilines is 1. The summed E-state index contributed by atoms with van der Waals surface area (Å²) in [6, 6.07) is 5.69. The Hall–Kier alpha value is -2.87. The molecule has 0 aromatic carbocycles. The molecule has 4 N–H and O–H groups in total.